The van der Waals surface area contributed by atoms with Gasteiger partial charge in [-0.2, -0.15) is 0 Å². The number of benzene rings is 2. The Balaban J connectivity index is 2.14. The van der Waals surface area contributed by atoms with Gasteiger partial charge >= 0.3 is 0 Å². The number of rotatable bonds is 5. The Morgan fingerprint density at radius 3 is 2.19 bits per heavy atom. The van der Waals surface area contributed by atoms with Crippen LogP contribution < -0.4 is 4.72 Å². The molecule has 0 spiro atoms. The molecule has 4 nitrogen and oxygen atoms in total. The Bertz CT molecular complexity index is 687. The lowest BCUT2D eigenvalue weighted by Gasteiger charge is -2.20. The standard InChI is InChI=1S/C15H16BrNO3S/c1-11(15(18)12-5-3-2-4-6-12)17-21(19,20)14-9-7-13(16)8-10-14/h2-11,15,17-18H,1H3/t11-,15-/m1/s1. The average molecular weight is 370 g/mol. The monoisotopic (exact) mass is 369 g/mol. The highest BCUT2D eigenvalue weighted by atomic mass is 79.9. The second-order valence-corrected chi connectivity index (χ2v) is 7.35. The molecule has 112 valence electrons. The number of aliphatic hydroxyl groups excluding tert-OH is 1. The molecular formula is C15H16BrNO3S. The quantitative estimate of drug-likeness (QED) is 0.851. The van der Waals surface area contributed by atoms with Crippen LogP contribution in [0.4, 0.5) is 0 Å². The summed E-state index contributed by atoms with van der Waals surface area (Å²) in [6, 6.07) is 14.7. The van der Waals surface area contributed by atoms with Gasteiger partial charge in [-0.05, 0) is 36.8 Å². The lowest BCUT2D eigenvalue weighted by molar-refractivity contribution is 0.146. The molecule has 0 saturated carbocycles. The van der Waals surface area contributed by atoms with Crippen molar-refractivity contribution < 1.29 is 13.5 Å². The molecule has 2 rings (SSSR count). The minimum absolute atomic E-state index is 0.165. The highest BCUT2D eigenvalue weighted by molar-refractivity contribution is 9.10. The summed E-state index contributed by atoms with van der Waals surface area (Å²) in [6.45, 7) is 1.63. The highest BCUT2D eigenvalue weighted by Crippen LogP contribution is 2.19. The summed E-state index contributed by atoms with van der Waals surface area (Å²) < 4.78 is 27.8. The van der Waals surface area contributed by atoms with E-state index in [4.69, 9.17) is 0 Å². The van der Waals surface area contributed by atoms with Crippen LogP contribution in [-0.4, -0.2) is 19.6 Å². The van der Waals surface area contributed by atoms with Gasteiger partial charge in [0.25, 0.3) is 0 Å². The number of hydrogen-bond acceptors (Lipinski definition) is 3. The minimum atomic E-state index is -3.66. The summed E-state index contributed by atoms with van der Waals surface area (Å²) in [4.78, 5) is 0.165. The van der Waals surface area contributed by atoms with E-state index in [1.807, 2.05) is 6.07 Å². The van der Waals surface area contributed by atoms with Crippen molar-refractivity contribution in [1.82, 2.24) is 4.72 Å². The fourth-order valence-corrected chi connectivity index (χ4v) is 3.44. The Kier molecular flexibility index (Phi) is 5.16. The van der Waals surface area contributed by atoms with Crippen LogP contribution >= 0.6 is 15.9 Å². The average Bonchev–Trinajstić information content (AvgIpc) is 2.47. The maximum atomic E-state index is 12.3. The van der Waals surface area contributed by atoms with Crippen molar-refractivity contribution in [3.8, 4) is 0 Å². The molecule has 0 radical (unpaired) electrons. The van der Waals surface area contributed by atoms with Gasteiger partial charge in [0.1, 0.15) is 0 Å². The molecule has 0 heterocycles. The fourth-order valence-electron chi connectivity index (χ4n) is 1.93. The maximum Gasteiger partial charge on any atom is 0.240 e. The van der Waals surface area contributed by atoms with E-state index in [2.05, 4.69) is 20.7 Å². The van der Waals surface area contributed by atoms with Gasteiger partial charge in [-0.15, -0.1) is 0 Å². The van der Waals surface area contributed by atoms with Crippen LogP contribution in [0.3, 0.4) is 0 Å². The zero-order chi connectivity index (χ0) is 15.5. The third-order valence-electron chi connectivity index (χ3n) is 3.08. The third kappa shape index (κ3) is 4.14. The topological polar surface area (TPSA) is 66.4 Å². The molecule has 2 aromatic carbocycles. The number of halogens is 1. The molecule has 0 aliphatic carbocycles. The van der Waals surface area contributed by atoms with Gasteiger partial charge in [-0.25, -0.2) is 13.1 Å². The van der Waals surface area contributed by atoms with Crippen LogP contribution in [0.1, 0.15) is 18.6 Å². The summed E-state index contributed by atoms with van der Waals surface area (Å²) >= 11 is 3.26. The summed E-state index contributed by atoms with van der Waals surface area (Å²) in [5, 5.41) is 10.2. The second kappa shape index (κ2) is 6.70. The van der Waals surface area contributed by atoms with E-state index in [1.165, 1.54) is 12.1 Å². The van der Waals surface area contributed by atoms with E-state index in [1.54, 1.807) is 43.3 Å². The molecule has 2 atom stereocenters. The Morgan fingerprint density at radius 2 is 1.62 bits per heavy atom. The normalized spacial score (nSPS) is 14.6. The summed E-state index contributed by atoms with van der Waals surface area (Å²) in [5.74, 6) is 0. The molecule has 0 saturated heterocycles. The lowest BCUT2D eigenvalue weighted by Crippen LogP contribution is -2.37. The molecule has 2 N–H and O–H groups in total. The SMILES string of the molecule is C[C@@H](NS(=O)(=O)c1ccc(Br)cc1)[C@@H](O)c1ccccc1. The van der Waals surface area contributed by atoms with Crippen molar-refractivity contribution in [1.29, 1.82) is 0 Å². The van der Waals surface area contributed by atoms with Crippen molar-refractivity contribution in [3.63, 3.8) is 0 Å². The van der Waals surface area contributed by atoms with Crippen LogP contribution in [0.25, 0.3) is 0 Å². The molecular weight excluding hydrogens is 354 g/mol. The molecule has 21 heavy (non-hydrogen) atoms. The highest BCUT2D eigenvalue weighted by Gasteiger charge is 2.23. The van der Waals surface area contributed by atoms with Gasteiger partial charge in [0, 0.05) is 10.5 Å². The van der Waals surface area contributed by atoms with E-state index in [9.17, 15) is 13.5 Å². The van der Waals surface area contributed by atoms with Gasteiger partial charge < -0.3 is 5.11 Å². The van der Waals surface area contributed by atoms with Crippen LogP contribution in [-0.2, 0) is 10.0 Å². The first-order valence-corrected chi connectivity index (χ1v) is 8.69. The maximum absolute atomic E-state index is 12.3. The van der Waals surface area contributed by atoms with Crippen molar-refractivity contribution in [2.45, 2.75) is 24.0 Å². The second-order valence-electron chi connectivity index (χ2n) is 4.72. The van der Waals surface area contributed by atoms with Gasteiger partial charge in [0.05, 0.1) is 11.0 Å². The Morgan fingerprint density at radius 1 is 1.05 bits per heavy atom. The minimum Gasteiger partial charge on any atom is -0.387 e. The molecule has 0 aliphatic heterocycles. The first-order chi connectivity index (χ1) is 9.90. The zero-order valence-corrected chi connectivity index (χ0v) is 13.8. The van der Waals surface area contributed by atoms with Gasteiger partial charge in [-0.1, -0.05) is 46.3 Å². The molecule has 0 bridgehead atoms. The van der Waals surface area contributed by atoms with Crippen LogP contribution in [0.2, 0.25) is 0 Å². The predicted molar refractivity (Wildman–Crippen MR) is 85.3 cm³/mol. The van der Waals surface area contributed by atoms with E-state index in [0.717, 1.165) is 4.47 Å². The number of sulfonamides is 1. The van der Waals surface area contributed by atoms with Gasteiger partial charge in [0.2, 0.25) is 10.0 Å². The first kappa shape index (κ1) is 16.2. The number of hydrogen-bond donors (Lipinski definition) is 2. The van der Waals surface area contributed by atoms with E-state index in [-0.39, 0.29) is 4.90 Å². The Hall–Kier alpha value is -1.21. The lowest BCUT2D eigenvalue weighted by atomic mass is 10.0. The third-order valence-corrected chi connectivity index (χ3v) is 5.18. The molecule has 6 heteroatoms. The molecule has 0 amide bonds. The van der Waals surface area contributed by atoms with E-state index >= 15 is 0 Å². The number of aliphatic hydroxyl groups is 1. The smallest absolute Gasteiger partial charge is 0.240 e. The molecule has 0 aromatic heterocycles. The molecule has 0 unspecified atom stereocenters. The van der Waals surface area contributed by atoms with Crippen molar-refractivity contribution in [2.75, 3.05) is 0 Å². The fraction of sp³-hybridized carbons (Fsp3) is 0.200. The predicted octanol–water partition coefficient (Wildman–Crippen LogP) is 2.85. The number of nitrogens with one attached hydrogen (secondary N) is 1. The van der Waals surface area contributed by atoms with Crippen molar-refractivity contribution in [2.24, 2.45) is 0 Å². The van der Waals surface area contributed by atoms with Crippen molar-refractivity contribution in [3.05, 3.63) is 64.6 Å². The van der Waals surface area contributed by atoms with Crippen LogP contribution in [0.15, 0.2) is 64.0 Å². The van der Waals surface area contributed by atoms with Crippen LogP contribution in [0.5, 0.6) is 0 Å². The first-order valence-electron chi connectivity index (χ1n) is 6.41. The summed E-state index contributed by atoms with van der Waals surface area (Å²) in [5.41, 5.74) is 0.670. The summed E-state index contributed by atoms with van der Waals surface area (Å²) in [7, 11) is -3.66. The zero-order valence-electron chi connectivity index (χ0n) is 11.4. The molecule has 2 aromatic rings. The van der Waals surface area contributed by atoms with Crippen molar-refractivity contribution >= 4 is 26.0 Å². The van der Waals surface area contributed by atoms with Gasteiger partial charge in [-0.3, -0.25) is 0 Å². The Labute approximate surface area is 133 Å². The van der Waals surface area contributed by atoms with Crippen LogP contribution in [0, 0.1) is 0 Å². The molecule has 0 fully saturated rings. The molecule has 0 aliphatic rings. The largest absolute Gasteiger partial charge is 0.387 e. The van der Waals surface area contributed by atoms with E-state index < -0.39 is 22.2 Å². The summed E-state index contributed by atoms with van der Waals surface area (Å²) in [6.07, 6.45) is -0.906. The van der Waals surface area contributed by atoms with Gasteiger partial charge in [0.15, 0.2) is 0 Å². The van der Waals surface area contributed by atoms with E-state index in [0.29, 0.717) is 5.56 Å².